The van der Waals surface area contributed by atoms with E-state index in [9.17, 15) is 0 Å². The Hall–Kier alpha value is -2.36. The average molecular weight is 292 g/mol. The van der Waals surface area contributed by atoms with Crippen LogP contribution in [0.3, 0.4) is 0 Å². The van der Waals surface area contributed by atoms with E-state index in [-0.39, 0.29) is 0 Å². The second kappa shape index (κ2) is 5.13. The molecule has 1 aliphatic rings. The second-order valence-electron chi connectivity index (χ2n) is 6.23. The fraction of sp³-hybridized carbons (Fsp3) is 0.333. The van der Waals surface area contributed by atoms with E-state index >= 15 is 0 Å². The summed E-state index contributed by atoms with van der Waals surface area (Å²) in [6.07, 6.45) is 3.15. The molecule has 0 saturated heterocycles. The van der Waals surface area contributed by atoms with Gasteiger partial charge in [0.15, 0.2) is 5.65 Å². The van der Waals surface area contributed by atoms with Crippen molar-refractivity contribution < 1.29 is 0 Å². The van der Waals surface area contributed by atoms with Crippen molar-refractivity contribution in [1.82, 2.24) is 15.2 Å². The van der Waals surface area contributed by atoms with Crippen molar-refractivity contribution in [3.63, 3.8) is 0 Å². The van der Waals surface area contributed by atoms with Crippen molar-refractivity contribution in [3.8, 4) is 0 Å². The van der Waals surface area contributed by atoms with E-state index in [0.29, 0.717) is 5.92 Å². The molecule has 1 N–H and O–H groups in total. The van der Waals surface area contributed by atoms with E-state index in [4.69, 9.17) is 0 Å². The molecule has 0 radical (unpaired) electrons. The Morgan fingerprint density at radius 2 is 2.18 bits per heavy atom. The number of H-pyrrole nitrogens is 1. The highest BCUT2D eigenvalue weighted by atomic mass is 15.2. The zero-order valence-electron chi connectivity index (χ0n) is 13.0. The van der Waals surface area contributed by atoms with E-state index in [1.807, 2.05) is 13.1 Å². The molecular weight excluding hydrogens is 272 g/mol. The summed E-state index contributed by atoms with van der Waals surface area (Å²) in [6.45, 7) is 6.36. The first-order chi connectivity index (χ1) is 10.7. The fourth-order valence-corrected chi connectivity index (χ4v) is 3.35. The summed E-state index contributed by atoms with van der Waals surface area (Å²) in [6, 6.07) is 11.0. The van der Waals surface area contributed by atoms with Crippen molar-refractivity contribution in [3.05, 3.63) is 53.3 Å². The Balaban J connectivity index is 1.68. The molecule has 0 amide bonds. The minimum absolute atomic E-state index is 0.643. The summed E-state index contributed by atoms with van der Waals surface area (Å²) in [7, 11) is 0. The number of nitrogens with one attached hydrogen (secondary N) is 1. The number of rotatable bonds is 2. The van der Waals surface area contributed by atoms with Crippen LogP contribution in [0.5, 0.6) is 0 Å². The third-order valence-electron chi connectivity index (χ3n) is 4.67. The standard InChI is InChI=1S/C18H20N4/c1-12-7-8-22(17-6-4-3-5-15(12)17)11-14-9-16-13(2)20-21-18(16)19-10-14/h3-6,9-10,12H,7-8,11H2,1-2H3,(H,19,20,21). The van der Waals surface area contributed by atoms with Crippen LogP contribution < -0.4 is 4.90 Å². The maximum Gasteiger partial charge on any atom is 0.181 e. The Labute approximate surface area is 130 Å². The summed E-state index contributed by atoms with van der Waals surface area (Å²) in [5.74, 6) is 0.643. The van der Waals surface area contributed by atoms with Gasteiger partial charge in [-0.2, -0.15) is 5.10 Å². The van der Waals surface area contributed by atoms with Gasteiger partial charge in [-0.3, -0.25) is 5.10 Å². The highest BCUT2D eigenvalue weighted by Gasteiger charge is 2.21. The highest BCUT2D eigenvalue weighted by molar-refractivity contribution is 5.78. The number of anilines is 1. The zero-order chi connectivity index (χ0) is 15.1. The normalized spacial score (nSPS) is 17.7. The van der Waals surface area contributed by atoms with Crippen LogP contribution in [0, 0.1) is 6.92 Å². The number of aromatic nitrogens is 3. The number of nitrogens with zero attached hydrogens (tertiary/aromatic N) is 3. The maximum absolute atomic E-state index is 4.47. The molecule has 1 unspecified atom stereocenters. The molecular formula is C18H20N4. The van der Waals surface area contributed by atoms with Gasteiger partial charge in [-0.1, -0.05) is 25.1 Å². The largest absolute Gasteiger partial charge is 0.367 e. The van der Waals surface area contributed by atoms with Gasteiger partial charge in [-0.05, 0) is 42.5 Å². The van der Waals surface area contributed by atoms with Crippen molar-refractivity contribution in [2.45, 2.75) is 32.7 Å². The lowest BCUT2D eigenvalue weighted by molar-refractivity contribution is 0.609. The first-order valence-electron chi connectivity index (χ1n) is 7.86. The lowest BCUT2D eigenvalue weighted by Crippen LogP contribution is -2.30. The molecule has 1 aliphatic heterocycles. The van der Waals surface area contributed by atoms with Crippen molar-refractivity contribution in [2.24, 2.45) is 0 Å². The van der Waals surface area contributed by atoms with E-state index in [1.54, 1.807) is 0 Å². The van der Waals surface area contributed by atoms with E-state index in [1.165, 1.54) is 23.2 Å². The first kappa shape index (κ1) is 13.3. The van der Waals surface area contributed by atoms with Crippen LogP contribution in [-0.4, -0.2) is 21.7 Å². The Morgan fingerprint density at radius 1 is 1.32 bits per heavy atom. The summed E-state index contributed by atoms with van der Waals surface area (Å²) in [5, 5.41) is 8.33. The van der Waals surface area contributed by atoms with Crippen molar-refractivity contribution >= 4 is 16.7 Å². The quantitative estimate of drug-likeness (QED) is 0.781. The number of hydrogen-bond donors (Lipinski definition) is 1. The van der Waals surface area contributed by atoms with Crippen molar-refractivity contribution in [2.75, 3.05) is 11.4 Å². The van der Waals surface area contributed by atoms with Crippen molar-refractivity contribution in [1.29, 1.82) is 0 Å². The highest BCUT2D eigenvalue weighted by Crippen LogP contribution is 2.35. The van der Waals surface area contributed by atoms with Crippen LogP contribution in [0.1, 0.15) is 36.1 Å². The second-order valence-corrected chi connectivity index (χ2v) is 6.23. The molecule has 0 aliphatic carbocycles. The summed E-state index contributed by atoms with van der Waals surface area (Å²) < 4.78 is 0. The SMILES string of the molecule is Cc1[nH]nc2ncc(CN3CCC(C)c4ccccc43)cc12. The molecule has 22 heavy (non-hydrogen) atoms. The van der Waals surface area contributed by atoms with Gasteiger partial charge in [0.05, 0.1) is 0 Å². The van der Waals surface area contributed by atoms with Crippen LogP contribution in [0.2, 0.25) is 0 Å². The summed E-state index contributed by atoms with van der Waals surface area (Å²) >= 11 is 0. The fourth-order valence-electron chi connectivity index (χ4n) is 3.35. The summed E-state index contributed by atoms with van der Waals surface area (Å²) in [4.78, 5) is 6.94. The van der Waals surface area contributed by atoms with Gasteiger partial charge < -0.3 is 4.90 Å². The molecule has 0 saturated carbocycles. The van der Waals surface area contributed by atoms with E-state index in [2.05, 4.69) is 57.3 Å². The predicted octanol–water partition coefficient (Wildman–Crippen LogP) is 3.78. The van der Waals surface area contributed by atoms with Gasteiger partial charge in [0.1, 0.15) is 0 Å². The van der Waals surface area contributed by atoms with Gasteiger partial charge >= 0.3 is 0 Å². The van der Waals surface area contributed by atoms with Gasteiger partial charge in [-0.15, -0.1) is 0 Å². The lowest BCUT2D eigenvalue weighted by atomic mass is 9.91. The number of aryl methyl sites for hydroxylation is 1. The van der Waals surface area contributed by atoms with Crippen LogP contribution in [0.4, 0.5) is 5.69 Å². The first-order valence-corrected chi connectivity index (χ1v) is 7.86. The van der Waals surface area contributed by atoms with E-state index < -0.39 is 0 Å². The molecule has 3 aromatic rings. The smallest absolute Gasteiger partial charge is 0.181 e. The van der Waals surface area contributed by atoms with Gasteiger partial charge in [0, 0.05) is 36.1 Å². The maximum atomic E-state index is 4.47. The molecule has 2 aromatic heterocycles. The molecule has 3 heterocycles. The third-order valence-corrected chi connectivity index (χ3v) is 4.67. The number of aromatic amines is 1. The van der Waals surface area contributed by atoms with Crippen LogP contribution in [0.25, 0.3) is 11.0 Å². The number of fused-ring (bicyclic) bond motifs is 2. The molecule has 1 atom stereocenters. The topological polar surface area (TPSA) is 44.8 Å². The van der Waals surface area contributed by atoms with Crippen LogP contribution in [0.15, 0.2) is 36.5 Å². The average Bonchev–Trinajstić information content (AvgIpc) is 2.91. The van der Waals surface area contributed by atoms with Crippen LogP contribution in [-0.2, 0) is 6.54 Å². The number of benzene rings is 1. The molecule has 4 rings (SSSR count). The number of hydrogen-bond acceptors (Lipinski definition) is 3. The van der Waals surface area contributed by atoms with Gasteiger partial charge in [0.2, 0.25) is 0 Å². The molecule has 4 heteroatoms. The molecule has 0 spiro atoms. The zero-order valence-corrected chi connectivity index (χ0v) is 13.0. The molecule has 4 nitrogen and oxygen atoms in total. The van der Waals surface area contributed by atoms with E-state index in [0.717, 1.165) is 29.8 Å². The van der Waals surface area contributed by atoms with Crippen LogP contribution >= 0.6 is 0 Å². The Kier molecular flexibility index (Phi) is 3.10. The number of pyridine rings is 1. The monoisotopic (exact) mass is 292 g/mol. The van der Waals surface area contributed by atoms with Gasteiger partial charge in [0.25, 0.3) is 0 Å². The predicted molar refractivity (Wildman–Crippen MR) is 89.1 cm³/mol. The Bertz CT molecular complexity index is 821. The minimum Gasteiger partial charge on any atom is -0.367 e. The molecule has 1 aromatic carbocycles. The lowest BCUT2D eigenvalue weighted by Gasteiger charge is -2.34. The molecule has 112 valence electrons. The molecule has 0 fully saturated rings. The van der Waals surface area contributed by atoms with Gasteiger partial charge in [-0.25, -0.2) is 4.98 Å². The third kappa shape index (κ3) is 2.15. The summed E-state index contributed by atoms with van der Waals surface area (Å²) in [5.41, 5.74) is 5.94. The number of para-hydroxylation sites is 1. The minimum atomic E-state index is 0.643. The Morgan fingerprint density at radius 3 is 3.09 bits per heavy atom. The molecule has 0 bridgehead atoms.